The number of nitrogens with zero attached hydrogens (tertiary/aromatic N) is 2. The molecule has 3 amide bonds. The summed E-state index contributed by atoms with van der Waals surface area (Å²) in [7, 11) is 5.44. The van der Waals surface area contributed by atoms with Gasteiger partial charge < -0.3 is 10.1 Å². The minimum absolute atomic E-state index is 0.120. The zero-order valence-electron chi connectivity index (χ0n) is 15.0. The predicted molar refractivity (Wildman–Crippen MR) is 104 cm³/mol. The van der Waals surface area contributed by atoms with Gasteiger partial charge in [0.25, 0.3) is 5.91 Å². The minimum atomic E-state index is -0.853. The average molecular weight is 374 g/mol. The molecule has 1 aromatic heterocycles. The van der Waals surface area contributed by atoms with Gasteiger partial charge in [-0.1, -0.05) is 11.5 Å². The molecule has 9 heteroatoms. The van der Waals surface area contributed by atoms with Crippen LogP contribution in [0.2, 0.25) is 0 Å². The fourth-order valence-corrected chi connectivity index (χ4v) is 5.24. The molecule has 1 aromatic rings. The monoisotopic (exact) mass is 374 g/mol. The van der Waals surface area contributed by atoms with E-state index in [1.807, 2.05) is 6.92 Å². The number of imide groups is 1. The molecule has 26 heavy (non-hydrogen) atoms. The Balaban J connectivity index is 1.55. The van der Waals surface area contributed by atoms with Gasteiger partial charge in [-0.25, -0.2) is 9.78 Å². The Morgan fingerprint density at radius 2 is 2.15 bits per heavy atom. The molecule has 2 aliphatic rings. The van der Waals surface area contributed by atoms with E-state index >= 15 is 0 Å². The van der Waals surface area contributed by atoms with Crippen LogP contribution in [0, 0.1) is 0 Å². The number of hydrogen-bond acceptors (Lipinski definition) is 5. The van der Waals surface area contributed by atoms with Crippen molar-refractivity contribution >= 4 is 41.3 Å². The summed E-state index contributed by atoms with van der Waals surface area (Å²) in [4.78, 5) is 27.7. The van der Waals surface area contributed by atoms with Gasteiger partial charge in [-0.05, 0) is 38.1 Å². The molecule has 0 saturated carbocycles. The summed E-state index contributed by atoms with van der Waals surface area (Å²) in [5.74, 6) is 0.914. The summed E-state index contributed by atoms with van der Waals surface area (Å²) in [6, 6.07) is 3.15. The van der Waals surface area contributed by atoms with E-state index in [1.54, 1.807) is 25.3 Å². The molecule has 3 heterocycles. The third-order valence-electron chi connectivity index (χ3n) is 4.61. The van der Waals surface area contributed by atoms with Crippen LogP contribution in [0.3, 0.4) is 0 Å². The summed E-state index contributed by atoms with van der Waals surface area (Å²) in [5.41, 5.74) is -0.236. The maximum absolute atomic E-state index is 12.1. The quantitative estimate of drug-likeness (QED) is 0.441. The Bertz CT molecular complexity index is 719. The second kappa shape index (κ2) is 7.79. The smallest absolute Gasteiger partial charge is 0.322 e. The molecule has 138 valence electrons. The van der Waals surface area contributed by atoms with E-state index in [2.05, 4.69) is 25.3 Å². The highest BCUT2D eigenvalue weighted by molar-refractivity contribution is 8.13. The van der Waals surface area contributed by atoms with E-state index < -0.39 is 11.6 Å². The normalized spacial score (nSPS) is 25.8. The number of piperidine rings is 1. The van der Waals surface area contributed by atoms with Crippen molar-refractivity contribution in [3.05, 3.63) is 18.3 Å². The van der Waals surface area contributed by atoms with E-state index in [-0.39, 0.29) is 22.7 Å². The standard InChI is InChI=1S/C17H23BN4O3S/c1-3-26(11-17(2)15(23)20-16(24)21-17)22-8-6-13(7-9-22)25-14-5-4-12(18)10-19-14/h3-5,10,13H,6-9,11H2,1-2H3,(H2,20,21,23,24)/t17-,26?/m1/s1. The molecule has 2 aliphatic heterocycles. The Kier molecular flexibility index (Phi) is 5.67. The second-order valence-electron chi connectivity index (χ2n) is 6.70. The molecule has 7 nitrogen and oxygen atoms in total. The fourth-order valence-electron chi connectivity index (χ4n) is 3.12. The van der Waals surface area contributed by atoms with Gasteiger partial charge in [0.2, 0.25) is 5.88 Å². The van der Waals surface area contributed by atoms with Crippen molar-refractivity contribution in [1.29, 1.82) is 0 Å². The van der Waals surface area contributed by atoms with Crippen LogP contribution in [-0.2, 0) is 4.79 Å². The number of pyridine rings is 1. The molecule has 2 saturated heterocycles. The van der Waals surface area contributed by atoms with E-state index in [0.29, 0.717) is 17.1 Å². The van der Waals surface area contributed by atoms with Crippen LogP contribution < -0.4 is 20.8 Å². The highest BCUT2D eigenvalue weighted by Gasteiger charge is 2.43. The molecule has 2 atom stereocenters. The van der Waals surface area contributed by atoms with Gasteiger partial charge in [-0.2, -0.15) is 0 Å². The van der Waals surface area contributed by atoms with Crippen LogP contribution in [0.25, 0.3) is 0 Å². The van der Waals surface area contributed by atoms with E-state index in [4.69, 9.17) is 12.6 Å². The maximum Gasteiger partial charge on any atom is 0.322 e. The van der Waals surface area contributed by atoms with E-state index in [9.17, 15) is 9.59 Å². The van der Waals surface area contributed by atoms with Gasteiger partial charge in [0.1, 0.15) is 19.5 Å². The van der Waals surface area contributed by atoms with Crippen LogP contribution in [-0.4, -0.2) is 64.9 Å². The average Bonchev–Trinajstić information content (AvgIpc) is 2.87. The van der Waals surface area contributed by atoms with Gasteiger partial charge in [0.05, 0.1) is 0 Å². The van der Waals surface area contributed by atoms with Crippen molar-refractivity contribution in [3.63, 3.8) is 0 Å². The molecule has 1 unspecified atom stereocenters. The number of rotatable bonds is 5. The number of hydrogen-bond donors (Lipinski definition) is 2. The predicted octanol–water partition coefficient (Wildman–Crippen LogP) is 0.323. The summed E-state index contributed by atoms with van der Waals surface area (Å²) >= 11 is 0. The van der Waals surface area contributed by atoms with Crippen LogP contribution in [0.5, 0.6) is 5.88 Å². The molecule has 2 fully saturated rings. The first kappa shape index (κ1) is 18.9. The molecular formula is C17H23BN4O3S. The molecule has 0 spiro atoms. The number of carbonyl (C=O) groups excluding carboxylic acids is 2. The molecule has 3 rings (SSSR count). The lowest BCUT2D eigenvalue weighted by molar-refractivity contribution is -0.122. The number of nitrogens with one attached hydrogen (secondary N) is 2. The Morgan fingerprint density at radius 3 is 2.69 bits per heavy atom. The number of urea groups is 1. The lowest BCUT2D eigenvalue weighted by atomic mass is 9.99. The zero-order chi connectivity index (χ0) is 18.7. The van der Waals surface area contributed by atoms with Gasteiger partial charge in [0.15, 0.2) is 0 Å². The molecule has 0 aromatic carbocycles. The third-order valence-corrected chi connectivity index (χ3v) is 7.05. The SMILES string of the molecule is [B]c1ccc(OC2CCN(/S(=C\C)C[C@@]3(C)NC(=O)NC3=O)CC2)nc1. The van der Waals surface area contributed by atoms with Gasteiger partial charge in [0, 0.05) is 25.0 Å². The zero-order valence-corrected chi connectivity index (χ0v) is 15.8. The second-order valence-corrected chi connectivity index (χ2v) is 8.78. The first-order valence-electron chi connectivity index (χ1n) is 8.65. The molecule has 2 radical (unpaired) electrons. The number of carbonyl (C=O) groups is 2. The Morgan fingerprint density at radius 1 is 1.42 bits per heavy atom. The van der Waals surface area contributed by atoms with Gasteiger partial charge in [-0.3, -0.25) is 14.4 Å². The minimum Gasteiger partial charge on any atom is -0.474 e. The number of amides is 3. The summed E-state index contributed by atoms with van der Waals surface area (Å²) in [6.45, 7) is 5.53. The molecule has 0 aliphatic carbocycles. The van der Waals surface area contributed by atoms with Crippen LogP contribution in [0.4, 0.5) is 4.79 Å². The van der Waals surface area contributed by atoms with Crippen molar-refractivity contribution in [2.24, 2.45) is 0 Å². The lowest BCUT2D eigenvalue weighted by Crippen LogP contribution is -2.48. The summed E-state index contributed by atoms with van der Waals surface area (Å²) in [5, 5.41) is 7.19. The largest absolute Gasteiger partial charge is 0.474 e. The van der Waals surface area contributed by atoms with Crippen LogP contribution >= 0.6 is 10.7 Å². The Hall–Kier alpha value is -1.87. The first-order chi connectivity index (χ1) is 12.4. The van der Waals surface area contributed by atoms with Crippen LogP contribution in [0.1, 0.15) is 26.7 Å². The van der Waals surface area contributed by atoms with Gasteiger partial charge >= 0.3 is 6.03 Å². The summed E-state index contributed by atoms with van der Waals surface area (Å²) in [6.07, 6.45) is 3.49. The number of ether oxygens (including phenoxy) is 1. The van der Waals surface area contributed by atoms with Crippen molar-refractivity contribution in [3.8, 4) is 5.88 Å². The highest BCUT2D eigenvalue weighted by atomic mass is 32.2. The topological polar surface area (TPSA) is 83.6 Å². The van der Waals surface area contributed by atoms with E-state index in [1.165, 1.54) is 0 Å². The highest BCUT2D eigenvalue weighted by Crippen LogP contribution is 2.30. The van der Waals surface area contributed by atoms with E-state index in [0.717, 1.165) is 25.9 Å². The molecule has 0 bridgehead atoms. The first-order valence-corrected chi connectivity index (χ1v) is 10.1. The van der Waals surface area contributed by atoms with Crippen molar-refractivity contribution in [1.82, 2.24) is 19.9 Å². The molecule has 2 N–H and O–H groups in total. The van der Waals surface area contributed by atoms with Crippen LogP contribution in [0.15, 0.2) is 18.3 Å². The van der Waals surface area contributed by atoms with Crippen molar-refractivity contribution in [2.45, 2.75) is 38.3 Å². The number of aromatic nitrogens is 1. The Labute approximate surface area is 157 Å². The maximum atomic E-state index is 12.1. The fraction of sp³-hybridized carbons (Fsp3) is 0.529. The van der Waals surface area contributed by atoms with Crippen molar-refractivity contribution < 1.29 is 14.3 Å². The lowest BCUT2D eigenvalue weighted by Gasteiger charge is -2.36. The molecular weight excluding hydrogens is 351 g/mol. The van der Waals surface area contributed by atoms with Gasteiger partial charge in [-0.15, -0.1) is 10.7 Å². The third kappa shape index (κ3) is 4.27. The summed E-state index contributed by atoms with van der Waals surface area (Å²) < 4.78 is 8.30. The van der Waals surface area contributed by atoms with Crippen molar-refractivity contribution in [2.75, 3.05) is 18.8 Å².